The molecule has 0 unspecified atom stereocenters. The maximum absolute atomic E-state index is 4.41. The van der Waals surface area contributed by atoms with E-state index >= 15 is 0 Å². The van der Waals surface area contributed by atoms with E-state index in [2.05, 4.69) is 175 Å². The third-order valence-electron chi connectivity index (χ3n) is 9.45. The number of allylic oxidation sites excluding steroid dienone is 7. The van der Waals surface area contributed by atoms with Crippen LogP contribution >= 0.6 is 0 Å². The number of hydrogen-bond acceptors (Lipinski definition) is 2. The second-order valence-corrected chi connectivity index (χ2v) is 12.4. The van der Waals surface area contributed by atoms with Gasteiger partial charge in [0, 0.05) is 46.0 Å². The summed E-state index contributed by atoms with van der Waals surface area (Å²) in [5, 5.41) is 0. The third kappa shape index (κ3) is 5.89. The van der Waals surface area contributed by atoms with Gasteiger partial charge >= 0.3 is 6.85 Å². The molecular formula is C45H41BN2. The summed E-state index contributed by atoms with van der Waals surface area (Å²) < 4.78 is 0. The first-order valence-electron chi connectivity index (χ1n) is 17.0. The smallest absolute Gasteiger partial charge is 0.328 e. The summed E-state index contributed by atoms with van der Waals surface area (Å²) in [5.74, 6) is 0. The van der Waals surface area contributed by atoms with Crippen molar-refractivity contribution in [2.24, 2.45) is 0 Å². The molecule has 1 aliphatic heterocycles. The second-order valence-electron chi connectivity index (χ2n) is 12.4. The van der Waals surface area contributed by atoms with Gasteiger partial charge in [-0.25, -0.2) is 0 Å². The van der Waals surface area contributed by atoms with Gasteiger partial charge in [-0.3, -0.25) is 0 Å². The SMILES string of the molecule is C=CCCN(c1ccccc1C(=C)/C=C\C)c1ccccc1C1=CCCC(N2B(c3ccccc3)c3ccccc3-c3ccccc32)=C1. The van der Waals surface area contributed by atoms with Gasteiger partial charge in [-0.05, 0) is 72.6 Å². The number of fused-ring (bicyclic) bond motifs is 3. The van der Waals surface area contributed by atoms with Crippen LogP contribution in [0.15, 0.2) is 177 Å². The summed E-state index contributed by atoms with van der Waals surface area (Å²) in [6, 6.07) is 46.3. The summed E-state index contributed by atoms with van der Waals surface area (Å²) in [4.78, 5) is 5.05. The van der Waals surface area contributed by atoms with Crippen molar-refractivity contribution in [2.45, 2.75) is 26.2 Å². The Balaban J connectivity index is 1.36. The van der Waals surface area contributed by atoms with Crippen LogP contribution < -0.4 is 20.6 Å². The van der Waals surface area contributed by atoms with Gasteiger partial charge < -0.3 is 9.71 Å². The molecule has 5 aromatic rings. The average molecular weight is 621 g/mol. The quantitative estimate of drug-likeness (QED) is 0.0871. The van der Waals surface area contributed by atoms with Gasteiger partial charge in [0.1, 0.15) is 0 Å². The van der Waals surface area contributed by atoms with Crippen LogP contribution in [-0.4, -0.2) is 13.4 Å². The maximum atomic E-state index is 4.41. The largest absolute Gasteiger partial charge is 0.380 e. The van der Waals surface area contributed by atoms with E-state index in [0.717, 1.165) is 42.6 Å². The van der Waals surface area contributed by atoms with Crippen molar-refractivity contribution in [2.75, 3.05) is 16.3 Å². The predicted molar refractivity (Wildman–Crippen MR) is 210 cm³/mol. The van der Waals surface area contributed by atoms with Crippen molar-refractivity contribution < 1.29 is 0 Å². The van der Waals surface area contributed by atoms with E-state index in [-0.39, 0.29) is 6.85 Å². The van der Waals surface area contributed by atoms with Crippen LogP contribution in [0.3, 0.4) is 0 Å². The highest BCUT2D eigenvalue weighted by Crippen LogP contribution is 2.42. The van der Waals surface area contributed by atoms with Crippen molar-refractivity contribution in [1.29, 1.82) is 0 Å². The standard InChI is InChI=1S/C45H41BN2/c1-4-6-32-47(43-29-15-11-24-38(43)34(3)19-5-2)44-30-16-12-25-39(44)35-20-18-23-37(33-35)48-45-31-17-13-27-41(45)40-26-10-14-28-42(40)46(48)36-21-8-7-9-22-36/h4-5,7-17,19-22,24-31,33H,1,3,6,18,23,32H2,2H3/b19-5-. The molecule has 3 heteroatoms. The molecule has 0 aromatic heterocycles. The molecule has 1 heterocycles. The lowest BCUT2D eigenvalue weighted by Crippen LogP contribution is -2.59. The van der Waals surface area contributed by atoms with Crippen molar-refractivity contribution in [1.82, 2.24) is 0 Å². The normalized spacial score (nSPS) is 13.8. The van der Waals surface area contributed by atoms with Crippen molar-refractivity contribution >= 4 is 46.0 Å². The molecule has 7 rings (SSSR count). The number of benzene rings is 5. The predicted octanol–water partition coefficient (Wildman–Crippen LogP) is 10.3. The Morgan fingerprint density at radius 3 is 2.23 bits per heavy atom. The molecule has 0 bridgehead atoms. The first-order chi connectivity index (χ1) is 23.7. The Morgan fingerprint density at radius 1 is 0.771 bits per heavy atom. The zero-order valence-corrected chi connectivity index (χ0v) is 27.7. The Hall–Kier alpha value is -5.54. The number of anilines is 3. The lowest BCUT2D eigenvalue weighted by Gasteiger charge is -2.41. The van der Waals surface area contributed by atoms with E-state index in [1.807, 2.05) is 13.0 Å². The molecule has 0 N–H and O–H groups in total. The Morgan fingerprint density at radius 2 is 1.44 bits per heavy atom. The van der Waals surface area contributed by atoms with Crippen LogP contribution in [-0.2, 0) is 0 Å². The minimum absolute atomic E-state index is 0.0757. The summed E-state index contributed by atoms with van der Waals surface area (Å²) in [6.45, 7) is 11.4. The fraction of sp³-hybridized carbons (Fsp3) is 0.111. The number of para-hydroxylation sites is 3. The van der Waals surface area contributed by atoms with E-state index in [9.17, 15) is 0 Å². The zero-order valence-electron chi connectivity index (χ0n) is 27.7. The third-order valence-corrected chi connectivity index (χ3v) is 9.45. The van der Waals surface area contributed by atoms with Crippen LogP contribution in [0, 0.1) is 0 Å². The minimum atomic E-state index is 0.0757. The molecule has 1 aliphatic carbocycles. The highest BCUT2D eigenvalue weighted by Gasteiger charge is 2.37. The van der Waals surface area contributed by atoms with Gasteiger partial charge in [0.2, 0.25) is 0 Å². The molecule has 0 amide bonds. The fourth-order valence-electron chi connectivity index (χ4n) is 7.33. The monoisotopic (exact) mass is 620 g/mol. The summed E-state index contributed by atoms with van der Waals surface area (Å²) in [6.07, 6.45) is 13.8. The van der Waals surface area contributed by atoms with Crippen LogP contribution in [0.25, 0.3) is 22.3 Å². The van der Waals surface area contributed by atoms with E-state index in [0.29, 0.717) is 0 Å². The first-order valence-corrected chi connectivity index (χ1v) is 17.0. The van der Waals surface area contributed by atoms with Crippen molar-refractivity contribution in [3.8, 4) is 11.1 Å². The number of rotatable bonds is 10. The van der Waals surface area contributed by atoms with Gasteiger partial charge in [0.05, 0.1) is 0 Å². The molecule has 0 spiro atoms. The molecule has 234 valence electrons. The number of nitrogens with zero attached hydrogens (tertiary/aromatic N) is 2. The highest BCUT2D eigenvalue weighted by atomic mass is 15.1. The van der Waals surface area contributed by atoms with Gasteiger partial charge in [-0.15, -0.1) is 6.58 Å². The van der Waals surface area contributed by atoms with E-state index < -0.39 is 0 Å². The first kappa shape index (κ1) is 31.1. The molecule has 0 radical (unpaired) electrons. The highest BCUT2D eigenvalue weighted by molar-refractivity contribution is 6.90. The van der Waals surface area contributed by atoms with Gasteiger partial charge in [-0.1, -0.05) is 146 Å². The fourth-order valence-corrected chi connectivity index (χ4v) is 7.33. The van der Waals surface area contributed by atoms with E-state index in [1.165, 1.54) is 50.3 Å². The molecular weight excluding hydrogens is 579 g/mol. The molecule has 48 heavy (non-hydrogen) atoms. The molecule has 0 saturated heterocycles. The summed E-state index contributed by atoms with van der Waals surface area (Å²) >= 11 is 0. The second kappa shape index (κ2) is 14.1. The van der Waals surface area contributed by atoms with Crippen LogP contribution in [0.1, 0.15) is 37.3 Å². The van der Waals surface area contributed by atoms with Crippen LogP contribution in [0.5, 0.6) is 0 Å². The van der Waals surface area contributed by atoms with E-state index in [1.54, 1.807) is 0 Å². The van der Waals surface area contributed by atoms with Crippen molar-refractivity contribution in [3.05, 3.63) is 188 Å². The Bertz CT molecular complexity index is 2050. The maximum Gasteiger partial charge on any atom is 0.328 e. The Labute approximate surface area is 286 Å². The summed E-state index contributed by atoms with van der Waals surface area (Å²) in [7, 11) is 0. The summed E-state index contributed by atoms with van der Waals surface area (Å²) in [5.41, 5.74) is 14.8. The topological polar surface area (TPSA) is 6.48 Å². The van der Waals surface area contributed by atoms with Crippen LogP contribution in [0.2, 0.25) is 0 Å². The van der Waals surface area contributed by atoms with Crippen LogP contribution in [0.4, 0.5) is 17.1 Å². The lowest BCUT2D eigenvalue weighted by molar-refractivity contribution is 0.930. The molecule has 5 aromatic carbocycles. The molecule has 0 atom stereocenters. The van der Waals surface area contributed by atoms with Gasteiger partial charge in [0.15, 0.2) is 0 Å². The minimum Gasteiger partial charge on any atom is -0.380 e. The van der Waals surface area contributed by atoms with Gasteiger partial charge in [-0.2, -0.15) is 0 Å². The molecule has 2 aliphatic rings. The molecule has 0 saturated carbocycles. The van der Waals surface area contributed by atoms with Crippen molar-refractivity contribution in [3.63, 3.8) is 0 Å². The molecule has 0 fully saturated rings. The zero-order chi connectivity index (χ0) is 32.9. The molecule has 2 nitrogen and oxygen atoms in total. The lowest BCUT2D eigenvalue weighted by atomic mass is 9.45. The average Bonchev–Trinajstić information content (AvgIpc) is 3.15. The Kier molecular flexibility index (Phi) is 9.11. The van der Waals surface area contributed by atoms with Gasteiger partial charge in [0.25, 0.3) is 0 Å². The number of hydrogen-bond donors (Lipinski definition) is 0. The van der Waals surface area contributed by atoms with E-state index in [4.69, 9.17) is 0 Å².